The first kappa shape index (κ1) is 20.7. The van der Waals surface area contributed by atoms with Crippen LogP contribution in [0.4, 0.5) is 10.2 Å². The summed E-state index contributed by atoms with van der Waals surface area (Å²) >= 11 is 0. The van der Waals surface area contributed by atoms with Crippen molar-refractivity contribution in [1.82, 2.24) is 5.16 Å². The number of anilines is 1. The topological polar surface area (TPSA) is 95.0 Å². The van der Waals surface area contributed by atoms with E-state index in [2.05, 4.69) is 5.16 Å². The molecule has 1 amide bonds. The minimum absolute atomic E-state index is 0.0441. The maximum Gasteiger partial charge on any atom is 0.296 e. The van der Waals surface area contributed by atoms with Crippen molar-refractivity contribution in [2.75, 3.05) is 18.6 Å². The van der Waals surface area contributed by atoms with Gasteiger partial charge in [0.2, 0.25) is 5.76 Å². The van der Waals surface area contributed by atoms with Crippen LogP contribution in [0.15, 0.2) is 56.2 Å². The minimum Gasteiger partial charge on any atom is -0.493 e. The summed E-state index contributed by atoms with van der Waals surface area (Å²) < 4.78 is 36.0. The first-order chi connectivity index (χ1) is 15.9. The molecule has 0 fully saturated rings. The van der Waals surface area contributed by atoms with E-state index in [0.717, 1.165) is 6.07 Å². The van der Waals surface area contributed by atoms with Crippen LogP contribution >= 0.6 is 0 Å². The molecule has 1 aliphatic rings. The van der Waals surface area contributed by atoms with Crippen LogP contribution in [0.1, 0.15) is 40.4 Å². The van der Waals surface area contributed by atoms with E-state index in [9.17, 15) is 14.0 Å². The van der Waals surface area contributed by atoms with Crippen molar-refractivity contribution in [3.8, 4) is 11.5 Å². The number of methoxy groups -OCH3 is 1. The predicted molar refractivity (Wildman–Crippen MR) is 116 cm³/mol. The van der Waals surface area contributed by atoms with Crippen LogP contribution in [-0.4, -0.2) is 24.8 Å². The van der Waals surface area contributed by atoms with Gasteiger partial charge in [-0.25, -0.2) is 4.39 Å². The number of nitrogens with zero attached hydrogens (tertiary/aromatic N) is 2. The van der Waals surface area contributed by atoms with Gasteiger partial charge in [0.05, 0.1) is 30.7 Å². The first-order valence-electron chi connectivity index (χ1n) is 10.3. The summed E-state index contributed by atoms with van der Waals surface area (Å²) in [5, 5.41) is 4.02. The molecule has 168 valence electrons. The van der Waals surface area contributed by atoms with Crippen molar-refractivity contribution < 1.29 is 27.6 Å². The Bertz CT molecular complexity index is 1460. The van der Waals surface area contributed by atoms with Crippen LogP contribution in [0, 0.1) is 12.7 Å². The number of hydrogen-bond donors (Lipinski definition) is 0. The zero-order chi connectivity index (χ0) is 23.3. The van der Waals surface area contributed by atoms with Gasteiger partial charge < -0.3 is 18.4 Å². The quantitative estimate of drug-likeness (QED) is 0.445. The molecule has 2 aromatic carbocycles. The van der Waals surface area contributed by atoms with Crippen LogP contribution in [-0.2, 0) is 0 Å². The fourth-order valence-electron chi connectivity index (χ4n) is 4.09. The number of aromatic nitrogens is 1. The van der Waals surface area contributed by atoms with Crippen molar-refractivity contribution in [3.05, 3.63) is 81.2 Å². The zero-order valence-electron chi connectivity index (χ0n) is 18.0. The van der Waals surface area contributed by atoms with Crippen molar-refractivity contribution >= 4 is 22.7 Å². The van der Waals surface area contributed by atoms with Crippen LogP contribution in [0.5, 0.6) is 11.5 Å². The van der Waals surface area contributed by atoms with E-state index in [1.54, 1.807) is 31.2 Å². The number of halogens is 1. The minimum atomic E-state index is -0.898. The summed E-state index contributed by atoms with van der Waals surface area (Å²) in [6.07, 6.45) is 0. The summed E-state index contributed by atoms with van der Waals surface area (Å²) in [5.41, 5.74) is 0.269. The van der Waals surface area contributed by atoms with E-state index in [-0.39, 0.29) is 28.1 Å². The average molecular weight is 450 g/mol. The molecule has 5 rings (SSSR count). The van der Waals surface area contributed by atoms with Gasteiger partial charge in [-0.2, -0.15) is 0 Å². The largest absolute Gasteiger partial charge is 0.493 e. The van der Waals surface area contributed by atoms with Gasteiger partial charge >= 0.3 is 0 Å². The van der Waals surface area contributed by atoms with Gasteiger partial charge in [0.15, 0.2) is 22.7 Å². The van der Waals surface area contributed by atoms with Crippen LogP contribution in [0.3, 0.4) is 0 Å². The Morgan fingerprint density at radius 1 is 1.12 bits per heavy atom. The van der Waals surface area contributed by atoms with Crippen molar-refractivity contribution in [1.29, 1.82) is 0 Å². The molecule has 4 aromatic rings. The second-order valence-corrected chi connectivity index (χ2v) is 7.53. The van der Waals surface area contributed by atoms with E-state index in [0.29, 0.717) is 29.4 Å². The highest BCUT2D eigenvalue weighted by Gasteiger charge is 2.45. The Balaban J connectivity index is 1.79. The number of ether oxygens (including phenoxy) is 2. The highest BCUT2D eigenvalue weighted by molar-refractivity contribution is 6.10. The lowest BCUT2D eigenvalue weighted by atomic mass is 9.98. The highest BCUT2D eigenvalue weighted by Crippen LogP contribution is 2.43. The molecule has 2 aromatic heterocycles. The summed E-state index contributed by atoms with van der Waals surface area (Å²) in [7, 11) is 1.50. The van der Waals surface area contributed by atoms with Crippen LogP contribution < -0.4 is 19.8 Å². The zero-order valence-corrected chi connectivity index (χ0v) is 18.0. The van der Waals surface area contributed by atoms with Crippen molar-refractivity contribution in [2.24, 2.45) is 0 Å². The van der Waals surface area contributed by atoms with Gasteiger partial charge in [0.25, 0.3) is 5.91 Å². The molecule has 0 radical (unpaired) electrons. The molecule has 0 spiro atoms. The molecule has 33 heavy (non-hydrogen) atoms. The molecular weight excluding hydrogens is 431 g/mol. The maximum absolute atomic E-state index is 13.9. The monoisotopic (exact) mass is 450 g/mol. The molecule has 1 atom stereocenters. The number of aryl methyl sites for hydroxylation is 1. The van der Waals surface area contributed by atoms with Gasteiger partial charge in [-0.1, -0.05) is 11.2 Å². The standard InChI is InChI=1S/C24H19FN2O6/c1-4-31-17-7-5-13(10-18(17)30-3)21-20-22(28)15-11-14(25)6-8-16(15)32-23(20)24(29)27(21)19-9-12(2)33-26-19/h5-11,21H,4H2,1-3H3/t21-/m1/s1. The van der Waals surface area contributed by atoms with Crippen molar-refractivity contribution in [3.63, 3.8) is 0 Å². The first-order valence-corrected chi connectivity index (χ1v) is 10.3. The third-order valence-corrected chi connectivity index (χ3v) is 5.50. The Kier molecular flexibility index (Phi) is 4.88. The molecule has 0 aliphatic carbocycles. The fourth-order valence-corrected chi connectivity index (χ4v) is 4.09. The van der Waals surface area contributed by atoms with E-state index in [4.69, 9.17) is 18.4 Å². The normalized spacial score (nSPS) is 15.2. The van der Waals surface area contributed by atoms with E-state index in [1.165, 1.54) is 24.1 Å². The van der Waals surface area contributed by atoms with Gasteiger partial charge in [-0.05, 0) is 49.7 Å². The fraction of sp³-hybridized carbons (Fsp3) is 0.208. The molecular formula is C24H19FN2O6. The van der Waals surface area contributed by atoms with Gasteiger partial charge in [0.1, 0.15) is 17.2 Å². The SMILES string of the molecule is CCOc1ccc([C@@H]2c3c(oc4ccc(F)cc4c3=O)C(=O)N2c2cc(C)on2)cc1OC. The lowest BCUT2D eigenvalue weighted by Crippen LogP contribution is -2.29. The number of carbonyl (C=O) groups is 1. The molecule has 0 saturated heterocycles. The van der Waals surface area contributed by atoms with Gasteiger partial charge in [-0.15, -0.1) is 0 Å². The Labute approximate surface area is 187 Å². The smallest absolute Gasteiger partial charge is 0.296 e. The Hall–Kier alpha value is -4.14. The molecule has 0 saturated carbocycles. The number of rotatable bonds is 5. The van der Waals surface area contributed by atoms with Crippen molar-refractivity contribution in [2.45, 2.75) is 19.9 Å². The lowest BCUT2D eigenvalue weighted by molar-refractivity contribution is 0.0969. The van der Waals surface area contributed by atoms with E-state index >= 15 is 0 Å². The summed E-state index contributed by atoms with van der Waals surface area (Å²) in [4.78, 5) is 28.3. The Morgan fingerprint density at radius 3 is 2.64 bits per heavy atom. The average Bonchev–Trinajstić information content (AvgIpc) is 3.36. The van der Waals surface area contributed by atoms with E-state index in [1.807, 2.05) is 6.92 Å². The molecule has 8 nitrogen and oxygen atoms in total. The molecule has 1 aliphatic heterocycles. The predicted octanol–water partition coefficient (Wildman–Crippen LogP) is 4.39. The summed E-state index contributed by atoms with van der Waals surface area (Å²) in [6, 6.07) is 9.42. The number of fused-ring (bicyclic) bond motifs is 2. The third-order valence-electron chi connectivity index (χ3n) is 5.50. The maximum atomic E-state index is 13.9. The second-order valence-electron chi connectivity index (χ2n) is 7.53. The number of benzene rings is 2. The number of carbonyl (C=O) groups excluding carboxylic acids is 1. The van der Waals surface area contributed by atoms with Crippen LogP contribution in [0.25, 0.3) is 11.0 Å². The van der Waals surface area contributed by atoms with Gasteiger partial charge in [-0.3, -0.25) is 14.5 Å². The van der Waals surface area contributed by atoms with Gasteiger partial charge in [0, 0.05) is 6.07 Å². The molecule has 9 heteroatoms. The van der Waals surface area contributed by atoms with Crippen LogP contribution in [0.2, 0.25) is 0 Å². The lowest BCUT2D eigenvalue weighted by Gasteiger charge is -2.23. The second kappa shape index (κ2) is 7.77. The molecule has 3 heterocycles. The Morgan fingerprint density at radius 2 is 1.94 bits per heavy atom. The number of amides is 1. The third kappa shape index (κ3) is 3.24. The number of hydrogen-bond acceptors (Lipinski definition) is 7. The summed E-state index contributed by atoms with van der Waals surface area (Å²) in [6.45, 7) is 3.98. The molecule has 0 N–H and O–H groups in total. The molecule has 0 bridgehead atoms. The highest BCUT2D eigenvalue weighted by atomic mass is 19.1. The van der Waals surface area contributed by atoms with E-state index < -0.39 is 23.2 Å². The molecule has 0 unspecified atom stereocenters. The summed E-state index contributed by atoms with van der Waals surface area (Å²) in [5.74, 6) is 0.395.